The van der Waals surface area contributed by atoms with Gasteiger partial charge in [-0.1, -0.05) is 6.92 Å². The van der Waals surface area contributed by atoms with Gasteiger partial charge in [-0.25, -0.2) is 4.98 Å². The molecule has 0 aromatic carbocycles. The Morgan fingerprint density at radius 2 is 2.15 bits per heavy atom. The van der Waals surface area contributed by atoms with Crippen LogP contribution < -0.4 is 0 Å². The van der Waals surface area contributed by atoms with Gasteiger partial charge in [-0.15, -0.1) is 11.3 Å². The molecule has 2 rings (SSSR count). The molecule has 3 unspecified atom stereocenters. The minimum atomic E-state index is -0.313. The molecule has 0 amide bonds. The van der Waals surface area contributed by atoms with Gasteiger partial charge in [-0.3, -0.25) is 0 Å². The predicted molar refractivity (Wildman–Crippen MR) is 53.8 cm³/mol. The van der Waals surface area contributed by atoms with Crippen molar-refractivity contribution in [1.29, 1.82) is 0 Å². The minimum absolute atomic E-state index is 0.313. The van der Waals surface area contributed by atoms with Crippen LogP contribution in [0.3, 0.4) is 0 Å². The molecule has 0 radical (unpaired) electrons. The van der Waals surface area contributed by atoms with E-state index in [1.807, 2.05) is 6.92 Å². The topological polar surface area (TPSA) is 33.1 Å². The Hall–Kier alpha value is -0.410. The number of aliphatic hydroxyl groups excluding tert-OH is 1. The molecule has 3 heteroatoms. The van der Waals surface area contributed by atoms with Gasteiger partial charge in [0.15, 0.2) is 0 Å². The summed E-state index contributed by atoms with van der Waals surface area (Å²) < 4.78 is 0. The van der Waals surface area contributed by atoms with Crippen LogP contribution in [-0.4, -0.2) is 10.1 Å². The van der Waals surface area contributed by atoms with Gasteiger partial charge in [0.05, 0.1) is 5.69 Å². The van der Waals surface area contributed by atoms with E-state index < -0.39 is 0 Å². The van der Waals surface area contributed by atoms with E-state index in [2.05, 4.69) is 18.8 Å². The molecule has 3 atom stereocenters. The molecule has 1 aliphatic rings. The molecule has 1 aromatic rings. The summed E-state index contributed by atoms with van der Waals surface area (Å²) in [4.78, 5) is 5.60. The van der Waals surface area contributed by atoms with Crippen LogP contribution in [0.25, 0.3) is 0 Å². The van der Waals surface area contributed by atoms with E-state index in [4.69, 9.17) is 0 Å². The third-order valence-electron chi connectivity index (χ3n) is 2.88. The summed E-state index contributed by atoms with van der Waals surface area (Å²) in [6.07, 6.45) is 0.839. The first kappa shape index (κ1) is 9.16. The van der Waals surface area contributed by atoms with Gasteiger partial charge in [0.25, 0.3) is 0 Å². The SMILES string of the molecule is Cc1nc(C(O)C2CC2C)sc1C. The normalized spacial score (nSPS) is 28.9. The number of rotatable bonds is 2. The van der Waals surface area contributed by atoms with E-state index in [0.29, 0.717) is 11.8 Å². The van der Waals surface area contributed by atoms with E-state index in [9.17, 15) is 5.11 Å². The summed E-state index contributed by atoms with van der Waals surface area (Å²) >= 11 is 1.63. The molecule has 0 saturated heterocycles. The molecule has 1 heterocycles. The predicted octanol–water partition coefficient (Wildman–Crippen LogP) is 2.45. The van der Waals surface area contributed by atoms with Crippen LogP contribution in [0.4, 0.5) is 0 Å². The third-order valence-corrected chi connectivity index (χ3v) is 4.02. The Balaban J connectivity index is 2.16. The summed E-state index contributed by atoms with van der Waals surface area (Å²) in [6, 6.07) is 0. The number of aromatic nitrogens is 1. The minimum Gasteiger partial charge on any atom is -0.386 e. The van der Waals surface area contributed by atoms with Crippen LogP contribution in [0.15, 0.2) is 0 Å². The zero-order valence-corrected chi connectivity index (χ0v) is 9.06. The van der Waals surface area contributed by atoms with Crippen molar-refractivity contribution in [3.63, 3.8) is 0 Å². The van der Waals surface area contributed by atoms with Crippen molar-refractivity contribution in [3.05, 3.63) is 15.6 Å². The van der Waals surface area contributed by atoms with E-state index in [0.717, 1.165) is 17.1 Å². The van der Waals surface area contributed by atoms with Crippen molar-refractivity contribution in [2.45, 2.75) is 33.3 Å². The van der Waals surface area contributed by atoms with Crippen LogP contribution in [-0.2, 0) is 0 Å². The van der Waals surface area contributed by atoms with Crippen LogP contribution in [0.1, 0.15) is 35.0 Å². The van der Waals surface area contributed by atoms with Crippen LogP contribution in [0.5, 0.6) is 0 Å². The van der Waals surface area contributed by atoms with Gasteiger partial charge in [-0.2, -0.15) is 0 Å². The molecular weight excluding hydrogens is 182 g/mol. The van der Waals surface area contributed by atoms with Crippen LogP contribution in [0, 0.1) is 25.7 Å². The fourth-order valence-electron chi connectivity index (χ4n) is 1.60. The Labute approximate surface area is 82.6 Å². The Bertz CT molecular complexity index is 301. The molecular formula is C10H15NOS. The average Bonchev–Trinajstić information content (AvgIpc) is 2.70. The number of aryl methyl sites for hydroxylation is 2. The highest BCUT2D eigenvalue weighted by Crippen LogP contribution is 2.47. The van der Waals surface area contributed by atoms with Crippen molar-refractivity contribution in [2.24, 2.45) is 11.8 Å². The maximum atomic E-state index is 9.92. The molecule has 0 spiro atoms. The highest BCUT2D eigenvalue weighted by molar-refractivity contribution is 7.11. The van der Waals surface area contributed by atoms with E-state index in [-0.39, 0.29) is 6.10 Å². The second-order valence-electron chi connectivity index (χ2n) is 4.02. The number of thiazole rings is 1. The molecule has 1 N–H and O–H groups in total. The zero-order valence-electron chi connectivity index (χ0n) is 8.24. The molecule has 0 aliphatic heterocycles. The van der Waals surface area contributed by atoms with E-state index in [1.165, 1.54) is 4.88 Å². The van der Waals surface area contributed by atoms with E-state index >= 15 is 0 Å². The quantitative estimate of drug-likeness (QED) is 0.790. The number of hydrogen-bond donors (Lipinski definition) is 1. The van der Waals surface area contributed by atoms with Crippen LogP contribution >= 0.6 is 11.3 Å². The first-order valence-corrected chi connectivity index (χ1v) is 5.53. The number of hydrogen-bond acceptors (Lipinski definition) is 3. The van der Waals surface area contributed by atoms with Crippen molar-refractivity contribution in [1.82, 2.24) is 4.98 Å². The maximum absolute atomic E-state index is 9.92. The molecule has 1 saturated carbocycles. The standard InChI is InChI=1S/C10H15NOS/c1-5-4-8(5)9(12)10-11-6(2)7(3)13-10/h5,8-9,12H,4H2,1-3H3. The largest absolute Gasteiger partial charge is 0.386 e. The summed E-state index contributed by atoms with van der Waals surface area (Å²) in [7, 11) is 0. The van der Waals surface area contributed by atoms with Crippen LogP contribution in [0.2, 0.25) is 0 Å². The van der Waals surface area contributed by atoms with Gasteiger partial charge < -0.3 is 5.11 Å². The van der Waals surface area contributed by atoms with Gasteiger partial charge in [0.1, 0.15) is 11.1 Å². The molecule has 1 aromatic heterocycles. The first-order valence-electron chi connectivity index (χ1n) is 4.71. The lowest BCUT2D eigenvalue weighted by molar-refractivity contribution is 0.147. The van der Waals surface area contributed by atoms with Gasteiger partial charge in [0.2, 0.25) is 0 Å². The maximum Gasteiger partial charge on any atom is 0.122 e. The second kappa shape index (κ2) is 3.07. The van der Waals surface area contributed by atoms with Crippen molar-refractivity contribution >= 4 is 11.3 Å². The summed E-state index contributed by atoms with van der Waals surface area (Å²) in [6.45, 7) is 6.24. The van der Waals surface area contributed by atoms with Gasteiger partial charge in [-0.05, 0) is 32.1 Å². The zero-order chi connectivity index (χ0) is 9.59. The summed E-state index contributed by atoms with van der Waals surface area (Å²) in [5, 5.41) is 10.8. The fourth-order valence-corrected chi connectivity index (χ4v) is 2.58. The van der Waals surface area contributed by atoms with Gasteiger partial charge >= 0.3 is 0 Å². The van der Waals surface area contributed by atoms with Crippen molar-refractivity contribution in [3.8, 4) is 0 Å². The molecule has 1 fully saturated rings. The monoisotopic (exact) mass is 197 g/mol. The lowest BCUT2D eigenvalue weighted by Gasteiger charge is -2.04. The lowest BCUT2D eigenvalue weighted by atomic mass is 10.2. The third kappa shape index (κ3) is 1.63. The van der Waals surface area contributed by atoms with Crippen molar-refractivity contribution in [2.75, 3.05) is 0 Å². The lowest BCUT2D eigenvalue weighted by Crippen LogP contribution is -2.00. The van der Waals surface area contributed by atoms with Crippen molar-refractivity contribution < 1.29 is 5.11 Å². The highest BCUT2D eigenvalue weighted by Gasteiger charge is 2.40. The summed E-state index contributed by atoms with van der Waals surface area (Å²) in [5.74, 6) is 1.14. The molecule has 0 bridgehead atoms. The second-order valence-corrected chi connectivity index (χ2v) is 5.25. The first-order chi connectivity index (χ1) is 6.09. The smallest absolute Gasteiger partial charge is 0.122 e. The Morgan fingerprint density at radius 1 is 1.54 bits per heavy atom. The Kier molecular flexibility index (Phi) is 2.16. The number of aliphatic hydroxyl groups is 1. The molecule has 1 aliphatic carbocycles. The molecule has 72 valence electrons. The highest BCUT2D eigenvalue weighted by atomic mass is 32.1. The average molecular weight is 197 g/mol. The summed E-state index contributed by atoms with van der Waals surface area (Å²) in [5.41, 5.74) is 1.06. The molecule has 2 nitrogen and oxygen atoms in total. The Morgan fingerprint density at radius 3 is 2.54 bits per heavy atom. The van der Waals surface area contributed by atoms with Gasteiger partial charge in [0, 0.05) is 4.88 Å². The van der Waals surface area contributed by atoms with E-state index in [1.54, 1.807) is 11.3 Å². The number of nitrogens with zero attached hydrogens (tertiary/aromatic N) is 1. The molecule has 13 heavy (non-hydrogen) atoms. The fraction of sp³-hybridized carbons (Fsp3) is 0.700.